The predicted octanol–water partition coefficient (Wildman–Crippen LogP) is 4.47. The van der Waals surface area contributed by atoms with Gasteiger partial charge in [0.25, 0.3) is 0 Å². The predicted molar refractivity (Wildman–Crippen MR) is 91.8 cm³/mol. The van der Waals surface area contributed by atoms with Crippen LogP contribution in [-0.4, -0.2) is 18.2 Å². The fourth-order valence-electron chi connectivity index (χ4n) is 2.13. The first-order chi connectivity index (χ1) is 11.7. The Morgan fingerprint density at radius 1 is 1.17 bits per heavy atom. The summed E-state index contributed by atoms with van der Waals surface area (Å²) in [4.78, 5) is 12.1. The van der Waals surface area contributed by atoms with E-state index in [-0.39, 0.29) is 6.61 Å². The zero-order valence-electron chi connectivity index (χ0n) is 12.9. The number of hydrogen-bond donors (Lipinski definition) is 0. The zero-order chi connectivity index (χ0) is 16.9. The van der Waals surface area contributed by atoms with Crippen LogP contribution in [0.15, 0.2) is 63.6 Å². The summed E-state index contributed by atoms with van der Waals surface area (Å²) in [6.45, 7) is 0.0405. The smallest absolute Gasteiger partial charge is 0.338 e. The van der Waals surface area contributed by atoms with E-state index in [9.17, 15) is 4.79 Å². The van der Waals surface area contributed by atoms with Crippen molar-refractivity contribution in [2.24, 2.45) is 0 Å². The number of carbonyl (C=O) groups is 1. The van der Waals surface area contributed by atoms with Crippen molar-refractivity contribution in [3.8, 4) is 17.1 Å². The van der Waals surface area contributed by atoms with Gasteiger partial charge >= 0.3 is 5.97 Å². The summed E-state index contributed by atoms with van der Waals surface area (Å²) in [6.07, 6.45) is 0. The molecule has 0 atom stereocenters. The van der Waals surface area contributed by atoms with E-state index >= 15 is 0 Å². The van der Waals surface area contributed by atoms with E-state index in [1.165, 1.54) is 0 Å². The molecule has 0 N–H and O–H groups in total. The number of ether oxygens (including phenoxy) is 2. The van der Waals surface area contributed by atoms with Gasteiger partial charge in [0, 0.05) is 11.6 Å². The van der Waals surface area contributed by atoms with Crippen LogP contribution in [0.4, 0.5) is 0 Å². The van der Waals surface area contributed by atoms with Gasteiger partial charge in [-0.2, -0.15) is 0 Å². The number of halogens is 1. The highest BCUT2D eigenvalue weighted by Crippen LogP contribution is 2.26. The first-order valence-corrected chi connectivity index (χ1v) is 7.98. The molecule has 1 aromatic heterocycles. The summed E-state index contributed by atoms with van der Waals surface area (Å²) in [5, 5.41) is 3.92. The molecule has 0 saturated carbocycles. The molecular weight excluding hydrogens is 374 g/mol. The van der Waals surface area contributed by atoms with Gasteiger partial charge in [0.05, 0.1) is 17.1 Å². The zero-order valence-corrected chi connectivity index (χ0v) is 14.4. The summed E-state index contributed by atoms with van der Waals surface area (Å²) < 4.78 is 16.4. The Morgan fingerprint density at radius 2 is 1.96 bits per heavy atom. The summed E-state index contributed by atoms with van der Waals surface area (Å²) >= 11 is 3.34. The van der Waals surface area contributed by atoms with Crippen molar-refractivity contribution in [2.75, 3.05) is 7.11 Å². The van der Waals surface area contributed by atoms with Crippen LogP contribution in [-0.2, 0) is 11.3 Å². The monoisotopic (exact) mass is 387 g/mol. The van der Waals surface area contributed by atoms with Crippen LogP contribution >= 0.6 is 15.9 Å². The molecule has 6 heteroatoms. The number of nitrogens with zero attached hydrogens (tertiary/aromatic N) is 1. The van der Waals surface area contributed by atoms with E-state index in [1.54, 1.807) is 31.4 Å². The molecular formula is C18H14BrNO4. The topological polar surface area (TPSA) is 61.6 Å². The third-order valence-corrected chi connectivity index (χ3v) is 3.98. The van der Waals surface area contributed by atoms with Gasteiger partial charge in [-0.3, -0.25) is 0 Å². The third kappa shape index (κ3) is 3.65. The molecule has 0 unspecified atom stereocenters. The fraction of sp³-hybridized carbons (Fsp3) is 0.111. The molecule has 0 aliphatic rings. The number of rotatable bonds is 5. The Labute approximate surface area is 147 Å². The van der Waals surface area contributed by atoms with E-state index in [2.05, 4.69) is 21.1 Å². The van der Waals surface area contributed by atoms with Crippen LogP contribution in [0, 0.1) is 0 Å². The molecule has 0 amide bonds. The maximum Gasteiger partial charge on any atom is 0.338 e. The summed E-state index contributed by atoms with van der Waals surface area (Å²) in [6, 6.07) is 16.4. The van der Waals surface area contributed by atoms with Crippen LogP contribution in [0.2, 0.25) is 0 Å². The Bertz CT molecular complexity index is 845. The first kappa shape index (κ1) is 16.3. The molecule has 0 radical (unpaired) electrons. The van der Waals surface area contributed by atoms with Crippen LogP contribution in [0.1, 0.15) is 16.1 Å². The molecule has 0 aliphatic carbocycles. The van der Waals surface area contributed by atoms with Crippen molar-refractivity contribution in [3.63, 3.8) is 0 Å². The lowest BCUT2D eigenvalue weighted by Gasteiger charge is -2.06. The molecule has 1 heterocycles. The minimum atomic E-state index is -0.442. The average Bonchev–Trinajstić information content (AvgIpc) is 3.09. The van der Waals surface area contributed by atoms with E-state index in [0.717, 1.165) is 5.56 Å². The van der Waals surface area contributed by atoms with Crippen LogP contribution < -0.4 is 4.74 Å². The van der Waals surface area contributed by atoms with Gasteiger partial charge in [0.2, 0.25) is 0 Å². The Morgan fingerprint density at radius 3 is 2.67 bits per heavy atom. The molecule has 0 fully saturated rings. The lowest BCUT2D eigenvalue weighted by molar-refractivity contribution is 0.0464. The van der Waals surface area contributed by atoms with Gasteiger partial charge in [-0.15, -0.1) is 0 Å². The second-order valence-corrected chi connectivity index (χ2v) is 5.83. The average molecular weight is 388 g/mol. The fourth-order valence-corrected chi connectivity index (χ4v) is 2.68. The highest BCUT2D eigenvalue weighted by Gasteiger charge is 2.12. The highest BCUT2D eigenvalue weighted by atomic mass is 79.9. The van der Waals surface area contributed by atoms with Gasteiger partial charge in [0.15, 0.2) is 5.76 Å². The van der Waals surface area contributed by atoms with Gasteiger partial charge < -0.3 is 14.0 Å². The Balaban J connectivity index is 1.65. The number of aromatic nitrogens is 1. The van der Waals surface area contributed by atoms with Crippen molar-refractivity contribution in [2.45, 2.75) is 6.61 Å². The molecule has 3 aromatic rings. The van der Waals surface area contributed by atoms with Crippen molar-refractivity contribution < 1.29 is 18.8 Å². The summed E-state index contributed by atoms with van der Waals surface area (Å²) in [5.41, 5.74) is 1.89. The van der Waals surface area contributed by atoms with Crippen LogP contribution in [0.3, 0.4) is 0 Å². The molecule has 24 heavy (non-hydrogen) atoms. The van der Waals surface area contributed by atoms with Crippen LogP contribution in [0.25, 0.3) is 11.3 Å². The van der Waals surface area contributed by atoms with Gasteiger partial charge in [-0.05, 0) is 34.1 Å². The summed E-state index contributed by atoms with van der Waals surface area (Å²) in [7, 11) is 1.56. The molecule has 0 bridgehead atoms. The number of esters is 1. The van der Waals surface area contributed by atoms with Gasteiger partial charge in [-0.25, -0.2) is 4.79 Å². The summed E-state index contributed by atoms with van der Waals surface area (Å²) in [5.74, 6) is 0.840. The highest BCUT2D eigenvalue weighted by molar-refractivity contribution is 9.10. The second-order valence-electron chi connectivity index (χ2n) is 4.97. The van der Waals surface area contributed by atoms with E-state index < -0.39 is 5.97 Å². The molecule has 2 aromatic carbocycles. The first-order valence-electron chi connectivity index (χ1n) is 7.19. The molecule has 122 valence electrons. The maximum absolute atomic E-state index is 12.1. The molecule has 3 rings (SSSR count). The number of carbonyl (C=O) groups excluding carboxylic acids is 1. The standard InChI is InChI=1S/C18H14BrNO4/c1-22-16-8-7-13(9-15(16)19)18(21)23-11-14-10-17(24-20-14)12-5-3-2-4-6-12/h2-10H,11H2,1H3. The van der Waals surface area contributed by atoms with Crippen molar-refractivity contribution >= 4 is 21.9 Å². The quantitative estimate of drug-likeness (QED) is 0.604. The van der Waals surface area contributed by atoms with Crippen LogP contribution in [0.5, 0.6) is 5.75 Å². The minimum absolute atomic E-state index is 0.0405. The van der Waals surface area contributed by atoms with Crippen molar-refractivity contribution in [1.82, 2.24) is 5.16 Å². The second kappa shape index (κ2) is 7.31. The van der Waals surface area contributed by atoms with Crippen molar-refractivity contribution in [3.05, 3.63) is 70.3 Å². The molecule has 0 spiro atoms. The van der Waals surface area contributed by atoms with E-state index in [4.69, 9.17) is 14.0 Å². The SMILES string of the molecule is COc1ccc(C(=O)OCc2cc(-c3ccccc3)on2)cc1Br. The third-order valence-electron chi connectivity index (χ3n) is 3.36. The molecule has 0 aliphatic heterocycles. The normalized spacial score (nSPS) is 10.4. The van der Waals surface area contributed by atoms with E-state index in [0.29, 0.717) is 27.2 Å². The maximum atomic E-state index is 12.1. The van der Waals surface area contributed by atoms with Gasteiger partial charge in [-0.1, -0.05) is 35.5 Å². The van der Waals surface area contributed by atoms with Gasteiger partial charge in [0.1, 0.15) is 18.1 Å². The van der Waals surface area contributed by atoms with E-state index in [1.807, 2.05) is 30.3 Å². The lowest BCUT2D eigenvalue weighted by Crippen LogP contribution is -2.05. The van der Waals surface area contributed by atoms with Crippen molar-refractivity contribution in [1.29, 1.82) is 0 Å². The number of methoxy groups -OCH3 is 1. The number of benzene rings is 2. The lowest BCUT2D eigenvalue weighted by atomic mass is 10.2. The minimum Gasteiger partial charge on any atom is -0.496 e. The molecule has 5 nitrogen and oxygen atoms in total. The Kier molecular flexibility index (Phi) is 4.96. The number of hydrogen-bond acceptors (Lipinski definition) is 5. The Hall–Kier alpha value is -2.60. The molecule has 0 saturated heterocycles. The largest absolute Gasteiger partial charge is 0.496 e.